The Labute approximate surface area is 167 Å². The van der Waals surface area contributed by atoms with Gasteiger partial charge in [-0.25, -0.2) is 9.37 Å². The zero-order valence-electron chi connectivity index (χ0n) is 15.2. The van der Waals surface area contributed by atoms with Crippen LogP contribution in [0, 0.1) is 5.82 Å². The summed E-state index contributed by atoms with van der Waals surface area (Å²) in [5.74, 6) is 0.806. The average Bonchev–Trinajstić information content (AvgIpc) is 3.12. The number of aromatic nitrogens is 1. The van der Waals surface area contributed by atoms with Gasteiger partial charge < -0.3 is 5.32 Å². The highest BCUT2D eigenvalue weighted by Gasteiger charge is 2.09. The molecule has 3 rings (SSSR count). The Morgan fingerprint density at radius 3 is 2.52 bits per heavy atom. The summed E-state index contributed by atoms with van der Waals surface area (Å²) in [4.78, 5) is 17.6. The van der Waals surface area contributed by atoms with Crippen LogP contribution in [0.15, 0.2) is 58.8 Å². The summed E-state index contributed by atoms with van der Waals surface area (Å²) in [6.07, 6.45) is 0.375. The van der Waals surface area contributed by atoms with E-state index in [1.54, 1.807) is 12.1 Å². The zero-order valence-corrected chi connectivity index (χ0v) is 16.9. The van der Waals surface area contributed by atoms with Gasteiger partial charge in [0.1, 0.15) is 5.82 Å². The molecule has 0 saturated heterocycles. The van der Waals surface area contributed by atoms with Crippen molar-refractivity contribution < 1.29 is 9.18 Å². The predicted molar refractivity (Wildman–Crippen MR) is 112 cm³/mol. The highest BCUT2D eigenvalue weighted by Crippen LogP contribution is 2.27. The summed E-state index contributed by atoms with van der Waals surface area (Å²) in [7, 11) is 0. The molecule has 0 saturated carbocycles. The third-order valence-electron chi connectivity index (χ3n) is 4.04. The highest BCUT2D eigenvalue weighted by molar-refractivity contribution is 7.99. The quantitative estimate of drug-likeness (QED) is 0.481. The van der Waals surface area contributed by atoms with Crippen molar-refractivity contribution in [1.29, 1.82) is 0 Å². The van der Waals surface area contributed by atoms with Crippen molar-refractivity contribution in [3.8, 4) is 11.3 Å². The molecule has 0 unspecified atom stereocenters. The molecule has 6 heteroatoms. The number of rotatable bonds is 7. The lowest BCUT2D eigenvalue weighted by molar-refractivity contribution is -0.115. The Morgan fingerprint density at radius 2 is 1.85 bits per heavy atom. The molecule has 140 valence electrons. The molecule has 3 nitrogen and oxygen atoms in total. The van der Waals surface area contributed by atoms with Crippen molar-refractivity contribution in [2.75, 3.05) is 11.1 Å². The molecule has 27 heavy (non-hydrogen) atoms. The molecule has 0 aliphatic heterocycles. The molecule has 0 atom stereocenters. The van der Waals surface area contributed by atoms with E-state index in [-0.39, 0.29) is 11.7 Å². The maximum absolute atomic E-state index is 12.9. The van der Waals surface area contributed by atoms with Crippen LogP contribution in [0.1, 0.15) is 31.7 Å². The Kier molecular flexibility index (Phi) is 6.63. The van der Waals surface area contributed by atoms with Crippen LogP contribution in [0.3, 0.4) is 0 Å². The van der Waals surface area contributed by atoms with Crippen LogP contribution in [-0.4, -0.2) is 16.6 Å². The van der Waals surface area contributed by atoms with Gasteiger partial charge in [-0.15, -0.1) is 23.1 Å². The standard InChI is InChI=1S/C21H21FN2OS2/c1-14(2)15-3-5-16(6-4-15)19-13-27-21(23-19)24-20(25)11-12-26-18-9-7-17(22)8-10-18/h3-10,13-14H,11-12H2,1-2H3,(H,23,24,25). The first kappa shape index (κ1) is 19.6. The van der Waals surface area contributed by atoms with Gasteiger partial charge in [0.05, 0.1) is 5.69 Å². The van der Waals surface area contributed by atoms with Gasteiger partial charge in [0, 0.05) is 28.0 Å². The number of carbonyl (C=O) groups excluding carboxylic acids is 1. The van der Waals surface area contributed by atoms with Gasteiger partial charge in [-0.05, 0) is 35.7 Å². The molecule has 1 amide bonds. The van der Waals surface area contributed by atoms with Gasteiger partial charge in [0.2, 0.25) is 5.91 Å². The molecule has 3 aromatic rings. The summed E-state index contributed by atoms with van der Waals surface area (Å²) < 4.78 is 12.9. The second-order valence-corrected chi connectivity index (χ2v) is 8.44. The fourth-order valence-corrected chi connectivity index (χ4v) is 4.06. The number of halogens is 1. The summed E-state index contributed by atoms with van der Waals surface area (Å²) in [6, 6.07) is 14.6. The Hall–Kier alpha value is -2.18. The van der Waals surface area contributed by atoms with E-state index >= 15 is 0 Å². The fourth-order valence-electron chi connectivity index (χ4n) is 2.48. The molecule has 0 fully saturated rings. The van der Waals surface area contributed by atoms with Gasteiger partial charge in [-0.2, -0.15) is 0 Å². The lowest BCUT2D eigenvalue weighted by Gasteiger charge is -2.05. The summed E-state index contributed by atoms with van der Waals surface area (Å²) in [5.41, 5.74) is 3.20. The number of carbonyl (C=O) groups is 1. The lowest BCUT2D eigenvalue weighted by atomic mass is 10.0. The van der Waals surface area contributed by atoms with Crippen molar-refractivity contribution in [2.24, 2.45) is 0 Å². The number of benzene rings is 2. The molecule has 0 radical (unpaired) electrons. The van der Waals surface area contributed by atoms with E-state index in [4.69, 9.17) is 0 Å². The van der Waals surface area contributed by atoms with Gasteiger partial charge in [-0.3, -0.25) is 4.79 Å². The molecule has 2 aromatic carbocycles. The zero-order chi connectivity index (χ0) is 19.2. The van der Waals surface area contributed by atoms with E-state index in [2.05, 4.69) is 48.4 Å². The smallest absolute Gasteiger partial charge is 0.226 e. The molecular formula is C21H21FN2OS2. The molecule has 0 spiro atoms. The van der Waals surface area contributed by atoms with Gasteiger partial charge in [0.25, 0.3) is 0 Å². The molecular weight excluding hydrogens is 379 g/mol. The lowest BCUT2D eigenvalue weighted by Crippen LogP contribution is -2.11. The average molecular weight is 401 g/mol. The van der Waals surface area contributed by atoms with E-state index in [0.717, 1.165) is 16.2 Å². The number of nitrogens with one attached hydrogen (secondary N) is 1. The number of nitrogens with zero attached hydrogens (tertiary/aromatic N) is 1. The van der Waals surface area contributed by atoms with Crippen molar-refractivity contribution in [3.63, 3.8) is 0 Å². The van der Waals surface area contributed by atoms with E-state index in [0.29, 0.717) is 23.2 Å². The predicted octanol–water partition coefficient (Wildman–Crippen LogP) is 6.19. The van der Waals surface area contributed by atoms with Crippen LogP contribution in [0.5, 0.6) is 0 Å². The molecule has 0 bridgehead atoms. The maximum atomic E-state index is 12.9. The topological polar surface area (TPSA) is 42.0 Å². The minimum absolute atomic E-state index is 0.0688. The number of thiazole rings is 1. The summed E-state index contributed by atoms with van der Waals surface area (Å²) in [5, 5.41) is 5.41. The number of hydrogen-bond acceptors (Lipinski definition) is 4. The minimum atomic E-state index is -0.254. The first-order valence-electron chi connectivity index (χ1n) is 8.75. The normalized spacial score (nSPS) is 11.0. The molecule has 0 aliphatic carbocycles. The highest BCUT2D eigenvalue weighted by atomic mass is 32.2. The second kappa shape index (κ2) is 9.15. The fraction of sp³-hybridized carbons (Fsp3) is 0.238. The van der Waals surface area contributed by atoms with Crippen molar-refractivity contribution >= 4 is 34.1 Å². The minimum Gasteiger partial charge on any atom is -0.302 e. The number of thioether (sulfide) groups is 1. The van der Waals surface area contributed by atoms with Crippen molar-refractivity contribution in [3.05, 3.63) is 65.3 Å². The number of amides is 1. The van der Waals surface area contributed by atoms with Crippen LogP contribution < -0.4 is 5.32 Å². The SMILES string of the molecule is CC(C)c1ccc(-c2csc(NC(=O)CCSc3ccc(F)cc3)n2)cc1. The Bertz CT molecular complexity index is 889. The van der Waals surface area contributed by atoms with Crippen molar-refractivity contribution in [1.82, 2.24) is 4.98 Å². The van der Waals surface area contributed by atoms with Crippen LogP contribution in [0.2, 0.25) is 0 Å². The van der Waals surface area contributed by atoms with E-state index < -0.39 is 0 Å². The van der Waals surface area contributed by atoms with Gasteiger partial charge in [0.15, 0.2) is 5.13 Å². The monoisotopic (exact) mass is 400 g/mol. The summed E-state index contributed by atoms with van der Waals surface area (Å²) >= 11 is 2.95. The first-order chi connectivity index (χ1) is 13.0. The van der Waals surface area contributed by atoms with E-state index in [1.165, 1.54) is 40.8 Å². The Balaban J connectivity index is 1.50. The van der Waals surface area contributed by atoms with Crippen LogP contribution >= 0.6 is 23.1 Å². The Morgan fingerprint density at radius 1 is 1.15 bits per heavy atom. The van der Waals surface area contributed by atoms with Crippen LogP contribution in [0.25, 0.3) is 11.3 Å². The number of hydrogen-bond donors (Lipinski definition) is 1. The van der Waals surface area contributed by atoms with E-state index in [9.17, 15) is 9.18 Å². The largest absolute Gasteiger partial charge is 0.302 e. The maximum Gasteiger partial charge on any atom is 0.226 e. The third kappa shape index (κ3) is 5.65. The van der Waals surface area contributed by atoms with Crippen LogP contribution in [0.4, 0.5) is 9.52 Å². The van der Waals surface area contributed by atoms with Gasteiger partial charge in [-0.1, -0.05) is 38.1 Å². The third-order valence-corrected chi connectivity index (χ3v) is 5.81. The second-order valence-electron chi connectivity index (χ2n) is 6.42. The van der Waals surface area contributed by atoms with Crippen LogP contribution in [-0.2, 0) is 4.79 Å². The molecule has 1 aromatic heterocycles. The van der Waals surface area contributed by atoms with Crippen molar-refractivity contribution in [2.45, 2.75) is 31.1 Å². The molecule has 1 heterocycles. The van der Waals surface area contributed by atoms with E-state index in [1.807, 2.05) is 5.38 Å². The number of anilines is 1. The molecule has 1 N–H and O–H groups in total. The van der Waals surface area contributed by atoms with Gasteiger partial charge >= 0.3 is 0 Å². The summed E-state index contributed by atoms with van der Waals surface area (Å²) in [6.45, 7) is 4.33. The first-order valence-corrected chi connectivity index (χ1v) is 10.6. The molecule has 0 aliphatic rings.